The molecule has 0 radical (unpaired) electrons. The van der Waals surface area contributed by atoms with E-state index in [-0.39, 0.29) is 22.6 Å². The fourth-order valence-corrected chi connectivity index (χ4v) is 3.87. The van der Waals surface area contributed by atoms with E-state index < -0.39 is 0 Å². The number of anilines is 5. The number of hydrogen-bond donors (Lipinski definition) is 4. The van der Waals surface area contributed by atoms with Gasteiger partial charge < -0.3 is 31.7 Å². The molecular weight excluding hydrogens is 472 g/mol. The Morgan fingerprint density at radius 2 is 1.71 bits per heavy atom. The van der Waals surface area contributed by atoms with E-state index in [1.807, 2.05) is 36.2 Å². The van der Waals surface area contributed by atoms with Crippen LogP contribution in [0.5, 0.6) is 0 Å². The molecule has 184 valence electrons. The van der Waals surface area contributed by atoms with Crippen LogP contribution >= 0.6 is 11.6 Å². The fourth-order valence-electron chi connectivity index (χ4n) is 3.74. The Morgan fingerprint density at radius 1 is 1.06 bits per heavy atom. The summed E-state index contributed by atoms with van der Waals surface area (Å²) in [4.78, 5) is 25.3. The minimum absolute atomic E-state index is 0.0276. The quantitative estimate of drug-likeness (QED) is 0.270. The molecule has 1 aliphatic heterocycles. The van der Waals surface area contributed by atoms with Gasteiger partial charge in [0.25, 0.3) is 0 Å². The van der Waals surface area contributed by atoms with E-state index in [9.17, 15) is 10.0 Å². The Kier molecular flexibility index (Phi) is 7.51. The predicted molar refractivity (Wildman–Crippen MR) is 138 cm³/mol. The van der Waals surface area contributed by atoms with Gasteiger partial charge in [0.2, 0.25) is 5.91 Å². The van der Waals surface area contributed by atoms with Crippen LogP contribution in [0, 0.1) is 5.21 Å². The van der Waals surface area contributed by atoms with E-state index in [1.54, 1.807) is 23.1 Å². The molecule has 12 heteroatoms. The number of pyridine rings is 2. The molecular formula is C23H26ClN8O3-. The van der Waals surface area contributed by atoms with Crippen LogP contribution in [0.15, 0.2) is 48.5 Å². The molecule has 0 aliphatic carbocycles. The summed E-state index contributed by atoms with van der Waals surface area (Å²) in [6, 6.07) is 14.0. The van der Waals surface area contributed by atoms with Crippen molar-refractivity contribution in [3.8, 4) is 11.3 Å². The molecule has 3 aromatic rings. The van der Waals surface area contributed by atoms with E-state index in [1.165, 1.54) is 6.07 Å². The van der Waals surface area contributed by atoms with Gasteiger partial charge in [0.1, 0.15) is 11.6 Å². The number of nitrogen functional groups attached to an aromatic ring is 1. The van der Waals surface area contributed by atoms with E-state index in [0.29, 0.717) is 48.5 Å². The summed E-state index contributed by atoms with van der Waals surface area (Å²) in [7, 11) is 1.93. The smallest absolute Gasteiger partial charge is 0.241 e. The zero-order valence-corrected chi connectivity index (χ0v) is 19.9. The Morgan fingerprint density at radius 3 is 2.34 bits per heavy atom. The minimum atomic E-state index is -0.322. The maximum absolute atomic E-state index is 12.7. The first-order valence-corrected chi connectivity index (χ1v) is 11.4. The van der Waals surface area contributed by atoms with Crippen LogP contribution in [-0.2, 0) is 4.79 Å². The summed E-state index contributed by atoms with van der Waals surface area (Å²) in [5.41, 5.74) is 7.85. The number of amides is 1. The van der Waals surface area contributed by atoms with Crippen molar-refractivity contribution in [2.24, 2.45) is 0 Å². The molecule has 0 bridgehead atoms. The van der Waals surface area contributed by atoms with Gasteiger partial charge in [-0.05, 0) is 43.4 Å². The monoisotopic (exact) mass is 497 g/mol. The van der Waals surface area contributed by atoms with E-state index in [0.717, 1.165) is 17.8 Å². The maximum Gasteiger partial charge on any atom is 0.241 e. The van der Waals surface area contributed by atoms with Crippen LogP contribution in [-0.4, -0.2) is 65.8 Å². The lowest BCUT2D eigenvalue weighted by Crippen LogP contribution is -2.49. The maximum atomic E-state index is 12.7. The number of hydrogen-bond acceptors (Lipinski definition) is 10. The van der Waals surface area contributed by atoms with Crippen LogP contribution in [0.25, 0.3) is 11.3 Å². The van der Waals surface area contributed by atoms with Crippen LogP contribution in [0.1, 0.15) is 0 Å². The van der Waals surface area contributed by atoms with Gasteiger partial charge in [-0.25, -0.2) is 9.97 Å². The van der Waals surface area contributed by atoms with E-state index in [2.05, 4.69) is 15.6 Å². The summed E-state index contributed by atoms with van der Waals surface area (Å²) < 4.78 is 0. The first-order valence-electron chi connectivity index (χ1n) is 11.0. The van der Waals surface area contributed by atoms with Crippen molar-refractivity contribution in [2.75, 3.05) is 66.3 Å². The molecule has 11 nitrogen and oxygen atoms in total. The number of rotatable bonds is 8. The molecule has 3 heterocycles. The Balaban J connectivity index is 1.47. The second-order valence-electron chi connectivity index (χ2n) is 8.08. The van der Waals surface area contributed by atoms with Crippen molar-refractivity contribution in [3.05, 3.63) is 58.8 Å². The zero-order chi connectivity index (χ0) is 24.9. The Labute approximate surface area is 207 Å². The number of carbonyl (C=O) groups excluding carboxylic acids is 1. The number of halogens is 1. The highest BCUT2D eigenvalue weighted by Crippen LogP contribution is 2.32. The Hall–Kier alpha value is -3.64. The number of nitrogens with zero attached hydrogens (tertiary/aromatic N) is 5. The first-order chi connectivity index (χ1) is 16.8. The molecule has 2 aromatic heterocycles. The second kappa shape index (κ2) is 10.7. The lowest BCUT2D eigenvalue weighted by molar-refractivity contribution is -0.120. The van der Waals surface area contributed by atoms with Crippen molar-refractivity contribution >= 4 is 46.3 Å². The molecule has 1 aliphatic rings. The summed E-state index contributed by atoms with van der Waals surface area (Å²) in [5.74, 6) is 1.06. The molecule has 0 spiro atoms. The molecule has 0 saturated carbocycles. The van der Waals surface area contributed by atoms with Crippen LogP contribution in [0.2, 0.25) is 5.02 Å². The van der Waals surface area contributed by atoms with Crippen molar-refractivity contribution in [3.63, 3.8) is 0 Å². The highest BCUT2D eigenvalue weighted by molar-refractivity contribution is 6.30. The molecule has 0 atom stereocenters. The first kappa shape index (κ1) is 24.5. The highest BCUT2D eigenvalue weighted by Gasteiger charge is 2.26. The minimum Gasteiger partial charge on any atom is -0.733 e. The van der Waals surface area contributed by atoms with Gasteiger partial charge in [-0.3, -0.25) is 14.9 Å². The van der Waals surface area contributed by atoms with Crippen molar-refractivity contribution in [2.45, 2.75) is 0 Å². The van der Waals surface area contributed by atoms with Crippen molar-refractivity contribution < 1.29 is 10.0 Å². The molecule has 5 N–H and O–H groups in total. The second-order valence-corrected chi connectivity index (χ2v) is 8.52. The molecule has 1 saturated heterocycles. The number of benzene rings is 1. The number of aromatic nitrogens is 2. The summed E-state index contributed by atoms with van der Waals surface area (Å²) >= 11 is 6.07. The SMILES string of the molecule is CN1CCN(c2ccc(NCCNc3ccc(N([O-])O)c(N)n3)nc2-c2ccc(Cl)cc2)C(=O)C1. The summed E-state index contributed by atoms with van der Waals surface area (Å²) in [6.07, 6.45) is 0. The third-order valence-electron chi connectivity index (χ3n) is 5.54. The largest absolute Gasteiger partial charge is 0.733 e. The van der Waals surface area contributed by atoms with Gasteiger partial charge in [0.15, 0.2) is 5.82 Å². The summed E-state index contributed by atoms with van der Waals surface area (Å²) in [6.45, 7) is 2.72. The number of nitrogens with two attached hydrogens (primary N) is 1. The lowest BCUT2D eigenvalue weighted by atomic mass is 10.1. The summed E-state index contributed by atoms with van der Waals surface area (Å²) in [5, 5.41) is 26.6. The standard InChI is InChI=1S/C23H26ClN8O3/c1-30-12-13-31(21(33)14-30)17-6-8-19(28-22(17)15-2-4-16(24)5-3-15)26-10-11-27-20-9-7-18(32(34)35)23(25)29-20/h2-9,34H,10-14H2,1H3,(H,26,28)(H3,25,27,29)/q-1. The number of likely N-dealkylation sites (N-methyl/N-ethyl adjacent to an activating group) is 1. The van der Waals surface area contributed by atoms with Gasteiger partial charge >= 0.3 is 0 Å². The molecule has 0 unspecified atom stereocenters. The van der Waals surface area contributed by atoms with E-state index >= 15 is 0 Å². The van der Waals surface area contributed by atoms with Gasteiger partial charge in [-0.1, -0.05) is 23.7 Å². The highest BCUT2D eigenvalue weighted by atomic mass is 35.5. The third-order valence-corrected chi connectivity index (χ3v) is 5.79. The molecule has 1 amide bonds. The van der Waals surface area contributed by atoms with Gasteiger partial charge in [0, 0.05) is 36.8 Å². The topological polar surface area (TPSA) is 146 Å². The number of nitrogens with one attached hydrogen (secondary N) is 2. The predicted octanol–water partition coefficient (Wildman–Crippen LogP) is 2.88. The number of carbonyl (C=O) groups is 1. The molecule has 35 heavy (non-hydrogen) atoms. The van der Waals surface area contributed by atoms with Gasteiger partial charge in [0.05, 0.1) is 23.6 Å². The normalized spacial score (nSPS) is 14.2. The van der Waals surface area contributed by atoms with Gasteiger partial charge in [-0.2, -0.15) is 0 Å². The van der Waals surface area contributed by atoms with Crippen molar-refractivity contribution in [1.29, 1.82) is 0 Å². The molecule has 1 fully saturated rings. The van der Waals surface area contributed by atoms with Crippen LogP contribution < -0.4 is 26.5 Å². The molecule has 4 rings (SSSR count). The van der Waals surface area contributed by atoms with Crippen molar-refractivity contribution in [1.82, 2.24) is 14.9 Å². The lowest BCUT2D eigenvalue weighted by Gasteiger charge is -2.33. The average molecular weight is 498 g/mol. The van der Waals surface area contributed by atoms with Crippen LogP contribution in [0.4, 0.5) is 28.8 Å². The van der Waals surface area contributed by atoms with E-state index in [4.69, 9.17) is 27.5 Å². The third kappa shape index (κ3) is 5.89. The fraction of sp³-hybridized carbons (Fsp3) is 0.261. The number of piperazine rings is 1. The molecule has 1 aromatic carbocycles. The average Bonchev–Trinajstić information content (AvgIpc) is 2.82. The van der Waals surface area contributed by atoms with Gasteiger partial charge in [-0.15, -0.1) is 0 Å². The zero-order valence-electron chi connectivity index (χ0n) is 19.1. The Bertz CT molecular complexity index is 1190. The van der Waals surface area contributed by atoms with Crippen LogP contribution in [0.3, 0.4) is 0 Å².